The van der Waals surface area contributed by atoms with Crippen LogP contribution in [0.2, 0.25) is 0 Å². The molecule has 2 aromatic heterocycles. The van der Waals surface area contributed by atoms with Gasteiger partial charge in [0.25, 0.3) is 0 Å². The molecule has 104 valence electrons. The maximum Gasteiger partial charge on any atom is 0.185 e. The Balaban J connectivity index is 2.11. The van der Waals surface area contributed by atoms with E-state index in [0.717, 1.165) is 0 Å². The van der Waals surface area contributed by atoms with Gasteiger partial charge in [-0.1, -0.05) is 0 Å². The molecule has 2 aromatic rings. The number of ether oxygens (including phenoxy) is 3. The Labute approximate surface area is 116 Å². The van der Waals surface area contributed by atoms with Gasteiger partial charge < -0.3 is 14.2 Å². The van der Waals surface area contributed by atoms with Gasteiger partial charge in [-0.25, -0.2) is 4.98 Å². The molecule has 6 heteroatoms. The summed E-state index contributed by atoms with van der Waals surface area (Å²) in [6.07, 6.45) is 3.78. The van der Waals surface area contributed by atoms with Crippen molar-refractivity contribution in [3.05, 3.63) is 42.0 Å². The molecule has 0 atom stereocenters. The van der Waals surface area contributed by atoms with Gasteiger partial charge in [0.2, 0.25) is 0 Å². The number of hydrogen-bond acceptors (Lipinski definition) is 6. The first-order valence-corrected chi connectivity index (χ1v) is 5.88. The van der Waals surface area contributed by atoms with Crippen LogP contribution in [-0.4, -0.2) is 30.5 Å². The zero-order chi connectivity index (χ0) is 14.4. The van der Waals surface area contributed by atoms with Crippen LogP contribution in [0.3, 0.4) is 0 Å². The maximum atomic E-state index is 10.5. The fraction of sp³-hybridized carbons (Fsp3) is 0.214. The third-order valence-electron chi connectivity index (χ3n) is 2.62. The summed E-state index contributed by atoms with van der Waals surface area (Å²) in [5.41, 5.74) is 0.973. The fourth-order valence-corrected chi connectivity index (χ4v) is 1.65. The Kier molecular flexibility index (Phi) is 4.49. The lowest BCUT2D eigenvalue weighted by molar-refractivity contribution is 0.111. The quantitative estimate of drug-likeness (QED) is 0.749. The smallest absolute Gasteiger partial charge is 0.185 e. The van der Waals surface area contributed by atoms with Crippen LogP contribution in [-0.2, 0) is 6.61 Å². The number of aromatic nitrogens is 2. The van der Waals surface area contributed by atoms with E-state index < -0.39 is 0 Å². The highest BCUT2D eigenvalue weighted by molar-refractivity contribution is 5.71. The lowest BCUT2D eigenvalue weighted by atomic mass is 10.3. The van der Waals surface area contributed by atoms with Crippen molar-refractivity contribution in [2.45, 2.75) is 6.61 Å². The van der Waals surface area contributed by atoms with E-state index in [4.69, 9.17) is 14.2 Å². The van der Waals surface area contributed by atoms with Crippen LogP contribution in [0, 0.1) is 0 Å². The number of aldehydes is 1. The number of nitrogens with zero attached hydrogens (tertiary/aromatic N) is 2. The van der Waals surface area contributed by atoms with Crippen molar-refractivity contribution in [1.82, 2.24) is 9.97 Å². The van der Waals surface area contributed by atoms with Gasteiger partial charge in [0.05, 0.1) is 20.4 Å². The molecule has 0 aliphatic carbocycles. The summed E-state index contributed by atoms with van der Waals surface area (Å²) in [5, 5.41) is 0. The van der Waals surface area contributed by atoms with Crippen molar-refractivity contribution in [3.8, 4) is 17.2 Å². The highest BCUT2D eigenvalue weighted by Gasteiger charge is 2.11. The molecule has 0 saturated heterocycles. The summed E-state index contributed by atoms with van der Waals surface area (Å²) < 4.78 is 16.0. The Morgan fingerprint density at radius 3 is 2.60 bits per heavy atom. The standard InChI is InChI=1S/C14H14N2O4/c1-18-13-5-6-15-12(14(13)19-2)9-20-11-4-3-10(8-17)16-7-11/h3-8H,9H2,1-2H3. The summed E-state index contributed by atoms with van der Waals surface area (Å²) in [6.45, 7) is 0.211. The molecule has 0 aliphatic heterocycles. The molecule has 6 nitrogen and oxygen atoms in total. The first kappa shape index (κ1) is 13.8. The lowest BCUT2D eigenvalue weighted by Crippen LogP contribution is -2.03. The summed E-state index contributed by atoms with van der Waals surface area (Å²) in [4.78, 5) is 18.6. The molecule has 0 unspecified atom stereocenters. The molecular formula is C14H14N2O4. The van der Waals surface area contributed by atoms with E-state index in [1.54, 1.807) is 38.6 Å². The average Bonchev–Trinajstić information content (AvgIpc) is 2.52. The van der Waals surface area contributed by atoms with Gasteiger partial charge in [0.1, 0.15) is 23.7 Å². The van der Waals surface area contributed by atoms with Crippen molar-refractivity contribution < 1.29 is 19.0 Å². The van der Waals surface area contributed by atoms with Crippen molar-refractivity contribution in [2.24, 2.45) is 0 Å². The SMILES string of the molecule is COc1ccnc(COc2ccc(C=O)nc2)c1OC. The monoisotopic (exact) mass is 274 g/mol. The molecule has 0 spiro atoms. The van der Waals surface area contributed by atoms with Crippen molar-refractivity contribution in [3.63, 3.8) is 0 Å². The highest BCUT2D eigenvalue weighted by atomic mass is 16.5. The van der Waals surface area contributed by atoms with E-state index in [9.17, 15) is 4.79 Å². The Morgan fingerprint density at radius 2 is 2.00 bits per heavy atom. The third kappa shape index (κ3) is 3.03. The van der Waals surface area contributed by atoms with Gasteiger partial charge >= 0.3 is 0 Å². The lowest BCUT2D eigenvalue weighted by Gasteiger charge is -2.12. The first-order valence-electron chi connectivity index (χ1n) is 5.88. The van der Waals surface area contributed by atoms with Crippen LogP contribution in [0.15, 0.2) is 30.6 Å². The van der Waals surface area contributed by atoms with E-state index >= 15 is 0 Å². The zero-order valence-electron chi connectivity index (χ0n) is 11.2. The molecule has 0 amide bonds. The summed E-state index contributed by atoms with van der Waals surface area (Å²) in [5.74, 6) is 1.67. The van der Waals surface area contributed by atoms with Crippen molar-refractivity contribution in [1.29, 1.82) is 0 Å². The third-order valence-corrected chi connectivity index (χ3v) is 2.62. The molecule has 0 bridgehead atoms. The molecule has 0 aliphatic rings. The number of carbonyl (C=O) groups is 1. The van der Waals surface area contributed by atoms with E-state index in [-0.39, 0.29) is 6.61 Å². The topological polar surface area (TPSA) is 70.5 Å². The number of pyridine rings is 2. The zero-order valence-corrected chi connectivity index (χ0v) is 11.2. The number of methoxy groups -OCH3 is 2. The Hall–Kier alpha value is -2.63. The van der Waals surface area contributed by atoms with Gasteiger partial charge in [-0.3, -0.25) is 9.78 Å². The minimum absolute atomic E-state index is 0.211. The van der Waals surface area contributed by atoms with Gasteiger partial charge in [-0.05, 0) is 12.1 Å². The van der Waals surface area contributed by atoms with Crippen LogP contribution in [0.4, 0.5) is 0 Å². The van der Waals surface area contributed by atoms with Crippen LogP contribution in [0.5, 0.6) is 17.2 Å². The van der Waals surface area contributed by atoms with E-state index in [1.807, 2.05) is 0 Å². The van der Waals surface area contributed by atoms with E-state index in [0.29, 0.717) is 34.9 Å². The fourth-order valence-electron chi connectivity index (χ4n) is 1.65. The molecule has 0 N–H and O–H groups in total. The molecule has 0 fully saturated rings. The maximum absolute atomic E-state index is 10.5. The minimum atomic E-state index is 0.211. The second kappa shape index (κ2) is 6.51. The predicted octanol–water partition coefficient (Wildman–Crippen LogP) is 1.89. The van der Waals surface area contributed by atoms with Crippen molar-refractivity contribution >= 4 is 6.29 Å². The van der Waals surface area contributed by atoms with Crippen molar-refractivity contribution in [2.75, 3.05) is 14.2 Å². The molecule has 0 aromatic carbocycles. The largest absolute Gasteiger partial charge is 0.493 e. The highest BCUT2D eigenvalue weighted by Crippen LogP contribution is 2.29. The van der Waals surface area contributed by atoms with Crippen LogP contribution in [0.25, 0.3) is 0 Å². The van der Waals surface area contributed by atoms with Gasteiger partial charge in [-0.2, -0.15) is 0 Å². The van der Waals surface area contributed by atoms with Crippen LogP contribution in [0.1, 0.15) is 16.2 Å². The summed E-state index contributed by atoms with van der Waals surface area (Å²) >= 11 is 0. The predicted molar refractivity (Wildman–Crippen MR) is 71.3 cm³/mol. The van der Waals surface area contributed by atoms with Gasteiger partial charge in [-0.15, -0.1) is 0 Å². The average molecular weight is 274 g/mol. The molecular weight excluding hydrogens is 260 g/mol. The van der Waals surface area contributed by atoms with E-state index in [2.05, 4.69) is 9.97 Å². The second-order valence-electron chi connectivity index (χ2n) is 3.82. The normalized spacial score (nSPS) is 9.90. The molecule has 2 rings (SSSR count). The summed E-state index contributed by atoms with van der Waals surface area (Å²) in [7, 11) is 3.11. The number of rotatable bonds is 6. The Morgan fingerprint density at radius 1 is 1.15 bits per heavy atom. The molecule has 0 radical (unpaired) electrons. The van der Waals surface area contributed by atoms with E-state index in [1.165, 1.54) is 6.20 Å². The number of carbonyl (C=O) groups excluding carboxylic acids is 1. The number of hydrogen-bond donors (Lipinski definition) is 0. The minimum Gasteiger partial charge on any atom is -0.493 e. The Bertz CT molecular complexity index is 584. The van der Waals surface area contributed by atoms with Crippen LogP contribution >= 0.6 is 0 Å². The first-order chi connectivity index (χ1) is 9.78. The van der Waals surface area contributed by atoms with Gasteiger partial charge in [0.15, 0.2) is 17.8 Å². The molecule has 0 saturated carbocycles. The summed E-state index contributed by atoms with van der Waals surface area (Å²) in [6, 6.07) is 4.96. The molecule has 2 heterocycles. The second-order valence-corrected chi connectivity index (χ2v) is 3.82. The molecule has 20 heavy (non-hydrogen) atoms. The van der Waals surface area contributed by atoms with Crippen LogP contribution < -0.4 is 14.2 Å². The van der Waals surface area contributed by atoms with Gasteiger partial charge in [0, 0.05) is 12.3 Å².